The van der Waals surface area contributed by atoms with Crippen molar-refractivity contribution < 1.29 is 3.79 Å². The summed E-state index contributed by atoms with van der Waals surface area (Å²) < 4.78 is 6.82. The lowest BCUT2D eigenvalue weighted by Gasteiger charge is -2.39. The molecule has 0 amide bonds. The van der Waals surface area contributed by atoms with Crippen LogP contribution in [0.1, 0.15) is 24.6 Å². The lowest BCUT2D eigenvalue weighted by molar-refractivity contribution is 0.134. The van der Waals surface area contributed by atoms with E-state index in [1.165, 1.54) is 4.57 Å². The van der Waals surface area contributed by atoms with E-state index in [9.17, 15) is 15.3 Å². The summed E-state index contributed by atoms with van der Waals surface area (Å²) in [5.74, 6) is 0.232. The predicted molar refractivity (Wildman–Crippen MR) is 93.0 cm³/mol. The van der Waals surface area contributed by atoms with Crippen LogP contribution >= 0.6 is 0 Å². The molecule has 7 nitrogen and oxygen atoms in total. The molecule has 8 heteroatoms. The maximum absolute atomic E-state index is 12.6. The molecule has 0 bridgehead atoms. The van der Waals surface area contributed by atoms with Gasteiger partial charge in [-0.15, -0.1) is 0 Å². The van der Waals surface area contributed by atoms with Crippen LogP contribution in [0.4, 0.5) is 5.69 Å². The molecule has 0 aromatic carbocycles. The van der Waals surface area contributed by atoms with Gasteiger partial charge in [0.2, 0.25) is 0 Å². The summed E-state index contributed by atoms with van der Waals surface area (Å²) in [6.45, 7) is 3.37. The fourth-order valence-corrected chi connectivity index (χ4v) is 3.80. The van der Waals surface area contributed by atoms with Crippen LogP contribution < -0.4 is 10.5 Å². The number of nitriles is 2. The lowest BCUT2D eigenvalue weighted by atomic mass is 9.95. The minimum atomic E-state index is -0.353. The van der Waals surface area contributed by atoms with Crippen molar-refractivity contribution in [2.75, 3.05) is 18.0 Å². The molecular formula is C17H16AlN5O2. The van der Waals surface area contributed by atoms with Gasteiger partial charge in [-0.2, -0.15) is 10.5 Å². The van der Waals surface area contributed by atoms with Crippen molar-refractivity contribution >= 4 is 33.3 Å². The Balaban J connectivity index is 2.26. The average Bonchev–Trinajstić information content (AvgIpc) is 2.63. The van der Waals surface area contributed by atoms with Crippen molar-refractivity contribution in [1.82, 2.24) is 9.55 Å². The molecule has 0 saturated carbocycles. The van der Waals surface area contributed by atoms with Crippen LogP contribution in [-0.2, 0) is 10.8 Å². The van der Waals surface area contributed by atoms with E-state index in [0.29, 0.717) is 29.8 Å². The summed E-state index contributed by atoms with van der Waals surface area (Å²) in [5.41, 5.74) is 1.60. The molecule has 124 valence electrons. The number of hydrogen-bond acceptors (Lipinski definition) is 6. The van der Waals surface area contributed by atoms with Gasteiger partial charge in [0.05, 0.1) is 11.2 Å². The number of aromatic nitrogens is 2. The molecule has 1 fully saturated rings. The minimum absolute atomic E-state index is 0.0648. The average molecular weight is 349 g/mol. The van der Waals surface area contributed by atoms with Gasteiger partial charge in [-0.25, -0.2) is 4.98 Å². The van der Waals surface area contributed by atoms with Gasteiger partial charge in [0, 0.05) is 26.2 Å². The minimum Gasteiger partial charge on any atom is -0.513 e. The van der Waals surface area contributed by atoms with E-state index in [1.54, 1.807) is 19.2 Å². The van der Waals surface area contributed by atoms with Crippen molar-refractivity contribution in [3.8, 4) is 12.1 Å². The van der Waals surface area contributed by atoms with Crippen LogP contribution in [0.2, 0.25) is 0 Å². The molecule has 1 aliphatic heterocycles. The summed E-state index contributed by atoms with van der Waals surface area (Å²) in [6, 6.07) is 7.34. The Kier molecular flexibility index (Phi) is 4.79. The van der Waals surface area contributed by atoms with Crippen LogP contribution in [0.15, 0.2) is 16.9 Å². The van der Waals surface area contributed by atoms with E-state index < -0.39 is 0 Å². The zero-order valence-corrected chi connectivity index (χ0v) is 15.2. The molecule has 1 saturated heterocycles. The molecule has 3 rings (SSSR count). The van der Waals surface area contributed by atoms with E-state index in [2.05, 4.69) is 28.5 Å². The third-order valence-corrected chi connectivity index (χ3v) is 5.11. The van der Waals surface area contributed by atoms with Crippen molar-refractivity contribution in [3.05, 3.63) is 33.7 Å². The third-order valence-electron chi connectivity index (χ3n) is 4.76. The number of anilines is 1. The van der Waals surface area contributed by atoms with Gasteiger partial charge in [-0.3, -0.25) is 4.79 Å². The molecular weight excluding hydrogens is 333 g/mol. The number of pyridine rings is 2. The maximum Gasteiger partial charge on any atom is 0.369 e. The normalized spacial score (nSPS) is 20.2. The van der Waals surface area contributed by atoms with E-state index in [0.717, 1.165) is 6.42 Å². The Morgan fingerprint density at radius 1 is 1.36 bits per heavy atom. The highest BCUT2D eigenvalue weighted by atomic mass is 27.1. The van der Waals surface area contributed by atoms with E-state index in [1.807, 2.05) is 17.0 Å². The second-order valence-electron chi connectivity index (χ2n) is 6.26. The van der Waals surface area contributed by atoms with E-state index in [-0.39, 0.29) is 28.8 Å². The van der Waals surface area contributed by atoms with Gasteiger partial charge in [-0.1, -0.05) is 6.92 Å². The standard InChI is InChI=1S/C17H16N5O2.Al/c1-10-9-22(6-5-14(10)23)16-12(8-19)17(24)21(2)13-4-3-11(7-18)20-15(13)16;/h3-4,10,14H,5-6,9H2,1-2H3;/q-1;+1/t10-,14+;/m1./s1. The molecule has 0 aliphatic carbocycles. The summed E-state index contributed by atoms with van der Waals surface area (Å²) >= 11 is 2.31. The van der Waals surface area contributed by atoms with Crippen LogP contribution in [0.3, 0.4) is 0 Å². The number of nitrogens with zero attached hydrogens (tertiary/aromatic N) is 5. The number of aryl methyl sites for hydroxylation is 1. The van der Waals surface area contributed by atoms with Gasteiger partial charge >= 0.3 is 16.6 Å². The maximum atomic E-state index is 12.6. The summed E-state index contributed by atoms with van der Waals surface area (Å²) in [4.78, 5) is 19.0. The van der Waals surface area contributed by atoms with E-state index >= 15 is 0 Å². The van der Waals surface area contributed by atoms with Crippen LogP contribution in [0, 0.1) is 28.6 Å². The number of piperidine rings is 1. The van der Waals surface area contributed by atoms with Gasteiger partial charge in [0.15, 0.2) is 0 Å². The first-order chi connectivity index (χ1) is 12.0. The second kappa shape index (κ2) is 6.86. The monoisotopic (exact) mass is 349 g/mol. The molecule has 2 aromatic heterocycles. The number of rotatable bonds is 2. The summed E-state index contributed by atoms with van der Waals surface area (Å²) in [5, 5.41) is 18.8. The van der Waals surface area contributed by atoms with Crippen molar-refractivity contribution in [1.29, 1.82) is 10.5 Å². The Morgan fingerprint density at radius 2 is 2.12 bits per heavy atom. The molecule has 3 heterocycles. The van der Waals surface area contributed by atoms with Crippen LogP contribution in [-0.4, -0.2) is 45.4 Å². The Hall–Kier alpha value is -2.37. The quantitative estimate of drug-likeness (QED) is 0.751. The molecule has 0 N–H and O–H groups in total. The van der Waals surface area contributed by atoms with Gasteiger partial charge in [0.1, 0.15) is 28.9 Å². The molecule has 2 aromatic rings. The van der Waals surface area contributed by atoms with Crippen LogP contribution in [0.5, 0.6) is 0 Å². The molecule has 2 radical (unpaired) electrons. The number of hydrogen-bond donors (Lipinski definition) is 0. The second-order valence-corrected chi connectivity index (χ2v) is 6.53. The third kappa shape index (κ3) is 2.90. The van der Waals surface area contributed by atoms with Gasteiger partial charge in [0.25, 0.3) is 5.56 Å². The Morgan fingerprint density at radius 3 is 2.72 bits per heavy atom. The molecule has 0 unspecified atom stereocenters. The van der Waals surface area contributed by atoms with Crippen LogP contribution in [0.25, 0.3) is 11.0 Å². The highest BCUT2D eigenvalue weighted by Crippen LogP contribution is 2.31. The largest absolute Gasteiger partial charge is 0.513 e. The molecule has 0 spiro atoms. The molecule has 1 aliphatic rings. The van der Waals surface area contributed by atoms with Crippen molar-refractivity contribution in [2.45, 2.75) is 19.4 Å². The van der Waals surface area contributed by atoms with Crippen molar-refractivity contribution in [3.63, 3.8) is 0 Å². The predicted octanol–water partition coefficient (Wildman–Crippen LogP) is 0.992. The summed E-state index contributed by atoms with van der Waals surface area (Å²) in [7, 11) is 1.61. The van der Waals surface area contributed by atoms with E-state index in [4.69, 9.17) is 3.79 Å². The lowest BCUT2D eigenvalue weighted by Crippen LogP contribution is -2.44. The van der Waals surface area contributed by atoms with Gasteiger partial charge in [-0.05, 0) is 24.5 Å². The molecule has 25 heavy (non-hydrogen) atoms. The van der Waals surface area contributed by atoms with Crippen molar-refractivity contribution in [2.24, 2.45) is 13.0 Å². The SMILES string of the molecule is C[C@@H]1CN(c2c(C#N)c(=O)n(C)c3ccc(C#N)nc23)CC[C@@H]1[O][Al]. The first-order valence-electron chi connectivity index (χ1n) is 7.96. The molecule has 2 atom stereocenters. The fourth-order valence-electron chi connectivity index (χ4n) is 3.39. The summed E-state index contributed by atoms with van der Waals surface area (Å²) in [6.07, 6.45) is 0.900. The topological polar surface area (TPSA) is 94.9 Å². The highest BCUT2D eigenvalue weighted by Gasteiger charge is 2.29. The first kappa shape index (κ1) is 17.5. The zero-order chi connectivity index (χ0) is 18.1. The fraction of sp³-hybridized carbons (Fsp3) is 0.412. The smallest absolute Gasteiger partial charge is 0.369 e. The highest BCUT2D eigenvalue weighted by molar-refractivity contribution is 5.98. The Bertz CT molecular complexity index is 972. The Labute approximate surface area is 153 Å². The van der Waals surface area contributed by atoms with Gasteiger partial charge < -0.3 is 13.3 Å². The zero-order valence-electron chi connectivity index (χ0n) is 14.1. The first-order valence-corrected chi connectivity index (χ1v) is 8.43. The number of fused-ring (bicyclic) bond motifs is 1.